The molecule has 1 aromatic heterocycles. The highest BCUT2D eigenvalue weighted by Crippen LogP contribution is 2.14. The van der Waals surface area contributed by atoms with Crippen molar-refractivity contribution in [3.8, 4) is 0 Å². The largest absolute Gasteiger partial charge is 0.347 e. The SMILES string of the molecule is CNCc1ccn(Cc2ccc(Cl)cc2)c1C. The normalized spacial score (nSPS) is 10.8. The first-order valence-electron chi connectivity index (χ1n) is 5.74. The molecule has 0 spiro atoms. The molecule has 0 saturated carbocycles. The van der Waals surface area contributed by atoms with Crippen molar-refractivity contribution in [3.63, 3.8) is 0 Å². The lowest BCUT2D eigenvalue weighted by Gasteiger charge is -2.08. The van der Waals surface area contributed by atoms with Gasteiger partial charge in [0.1, 0.15) is 0 Å². The average molecular weight is 249 g/mol. The van der Waals surface area contributed by atoms with Crippen LogP contribution in [0.2, 0.25) is 5.02 Å². The Morgan fingerprint density at radius 2 is 1.88 bits per heavy atom. The Balaban J connectivity index is 2.16. The predicted molar refractivity (Wildman–Crippen MR) is 72.5 cm³/mol. The van der Waals surface area contributed by atoms with Gasteiger partial charge >= 0.3 is 0 Å². The van der Waals surface area contributed by atoms with Gasteiger partial charge in [0, 0.05) is 30.0 Å². The molecule has 2 nitrogen and oxygen atoms in total. The summed E-state index contributed by atoms with van der Waals surface area (Å²) < 4.78 is 2.26. The number of hydrogen-bond donors (Lipinski definition) is 1. The number of halogens is 1. The van der Waals surface area contributed by atoms with Gasteiger partial charge < -0.3 is 9.88 Å². The third kappa shape index (κ3) is 2.90. The molecule has 0 aliphatic carbocycles. The minimum absolute atomic E-state index is 0.786. The molecule has 17 heavy (non-hydrogen) atoms. The first-order valence-corrected chi connectivity index (χ1v) is 6.12. The fourth-order valence-corrected chi connectivity index (χ4v) is 2.06. The van der Waals surface area contributed by atoms with Crippen molar-refractivity contribution in [1.82, 2.24) is 9.88 Å². The highest BCUT2D eigenvalue weighted by Gasteiger charge is 2.04. The lowest BCUT2D eigenvalue weighted by molar-refractivity contribution is 0.753. The second-order valence-electron chi connectivity index (χ2n) is 4.21. The van der Waals surface area contributed by atoms with E-state index < -0.39 is 0 Å². The summed E-state index contributed by atoms with van der Waals surface area (Å²) >= 11 is 5.88. The summed E-state index contributed by atoms with van der Waals surface area (Å²) in [7, 11) is 1.97. The summed E-state index contributed by atoms with van der Waals surface area (Å²) in [5.74, 6) is 0. The molecule has 2 rings (SSSR count). The van der Waals surface area contributed by atoms with Crippen molar-refractivity contribution in [3.05, 3.63) is 58.4 Å². The Morgan fingerprint density at radius 3 is 2.53 bits per heavy atom. The molecule has 3 heteroatoms. The third-order valence-electron chi connectivity index (χ3n) is 2.98. The number of benzene rings is 1. The Morgan fingerprint density at radius 1 is 1.18 bits per heavy atom. The van der Waals surface area contributed by atoms with Crippen LogP contribution >= 0.6 is 11.6 Å². The molecule has 0 amide bonds. The summed E-state index contributed by atoms with van der Waals surface area (Å²) in [6.07, 6.45) is 2.14. The van der Waals surface area contributed by atoms with Crippen LogP contribution in [0.5, 0.6) is 0 Å². The van der Waals surface area contributed by atoms with Gasteiger partial charge in [-0.15, -0.1) is 0 Å². The van der Waals surface area contributed by atoms with Crippen LogP contribution in [0, 0.1) is 6.92 Å². The van der Waals surface area contributed by atoms with Gasteiger partial charge in [-0.25, -0.2) is 0 Å². The molecular formula is C14H17ClN2. The van der Waals surface area contributed by atoms with E-state index in [0.717, 1.165) is 18.1 Å². The van der Waals surface area contributed by atoms with Crippen LogP contribution < -0.4 is 5.32 Å². The molecule has 0 aliphatic rings. The molecule has 0 atom stereocenters. The molecule has 1 heterocycles. The van der Waals surface area contributed by atoms with Crippen LogP contribution in [0.4, 0.5) is 0 Å². The van der Waals surface area contributed by atoms with Crippen molar-refractivity contribution >= 4 is 11.6 Å². The van der Waals surface area contributed by atoms with Crippen molar-refractivity contribution in [2.45, 2.75) is 20.0 Å². The van der Waals surface area contributed by atoms with E-state index in [9.17, 15) is 0 Å². The molecule has 0 bridgehead atoms. The van der Waals surface area contributed by atoms with Crippen LogP contribution in [0.3, 0.4) is 0 Å². The van der Waals surface area contributed by atoms with Gasteiger partial charge in [-0.1, -0.05) is 23.7 Å². The summed E-state index contributed by atoms with van der Waals surface area (Å²) in [4.78, 5) is 0. The summed E-state index contributed by atoms with van der Waals surface area (Å²) in [5.41, 5.74) is 3.93. The van der Waals surface area contributed by atoms with Gasteiger partial charge in [0.15, 0.2) is 0 Å². The molecule has 0 fully saturated rings. The topological polar surface area (TPSA) is 17.0 Å². The zero-order chi connectivity index (χ0) is 12.3. The van der Waals surface area contributed by atoms with Crippen LogP contribution in [-0.4, -0.2) is 11.6 Å². The highest BCUT2D eigenvalue weighted by atomic mass is 35.5. The molecule has 0 radical (unpaired) electrons. The van der Waals surface area contributed by atoms with Crippen LogP contribution in [0.15, 0.2) is 36.5 Å². The van der Waals surface area contributed by atoms with E-state index in [-0.39, 0.29) is 0 Å². The highest BCUT2D eigenvalue weighted by molar-refractivity contribution is 6.30. The molecule has 0 aliphatic heterocycles. The van der Waals surface area contributed by atoms with Crippen LogP contribution in [-0.2, 0) is 13.1 Å². The molecule has 1 N–H and O–H groups in total. The minimum atomic E-state index is 0.786. The van der Waals surface area contributed by atoms with E-state index in [2.05, 4.69) is 41.2 Å². The molecular weight excluding hydrogens is 232 g/mol. The zero-order valence-electron chi connectivity index (χ0n) is 10.2. The maximum atomic E-state index is 5.88. The Hall–Kier alpha value is -1.25. The predicted octanol–water partition coefficient (Wildman–Crippen LogP) is 3.22. The van der Waals surface area contributed by atoms with Crippen molar-refractivity contribution in [2.75, 3.05) is 7.05 Å². The molecule has 90 valence electrons. The van der Waals surface area contributed by atoms with E-state index in [4.69, 9.17) is 11.6 Å². The molecule has 0 saturated heterocycles. The van der Waals surface area contributed by atoms with Gasteiger partial charge in [-0.05, 0) is 43.3 Å². The van der Waals surface area contributed by atoms with Gasteiger partial charge in [-0.2, -0.15) is 0 Å². The molecule has 1 aromatic carbocycles. The van der Waals surface area contributed by atoms with E-state index in [1.54, 1.807) is 0 Å². The second kappa shape index (κ2) is 5.39. The first kappa shape index (κ1) is 12.2. The second-order valence-corrected chi connectivity index (χ2v) is 4.65. The van der Waals surface area contributed by atoms with E-state index in [1.807, 2.05) is 19.2 Å². The number of nitrogens with one attached hydrogen (secondary N) is 1. The lowest BCUT2D eigenvalue weighted by Crippen LogP contribution is -2.07. The minimum Gasteiger partial charge on any atom is -0.347 e. The smallest absolute Gasteiger partial charge is 0.0472 e. The molecule has 0 unspecified atom stereocenters. The monoisotopic (exact) mass is 248 g/mol. The van der Waals surface area contributed by atoms with Gasteiger partial charge in [-0.3, -0.25) is 0 Å². The summed E-state index contributed by atoms with van der Waals surface area (Å²) in [5, 5.41) is 3.96. The molecule has 2 aromatic rings. The zero-order valence-corrected chi connectivity index (χ0v) is 11.0. The van der Waals surface area contributed by atoms with Crippen molar-refractivity contribution in [1.29, 1.82) is 0 Å². The summed E-state index contributed by atoms with van der Waals surface area (Å²) in [6.45, 7) is 3.97. The van der Waals surface area contributed by atoms with E-state index >= 15 is 0 Å². The van der Waals surface area contributed by atoms with E-state index in [1.165, 1.54) is 16.8 Å². The first-order chi connectivity index (χ1) is 8.20. The van der Waals surface area contributed by atoms with Crippen LogP contribution in [0.25, 0.3) is 0 Å². The van der Waals surface area contributed by atoms with Gasteiger partial charge in [0.25, 0.3) is 0 Å². The lowest BCUT2D eigenvalue weighted by atomic mass is 10.2. The third-order valence-corrected chi connectivity index (χ3v) is 3.24. The van der Waals surface area contributed by atoms with Gasteiger partial charge in [0.05, 0.1) is 0 Å². The fourth-order valence-electron chi connectivity index (χ4n) is 1.93. The Kier molecular flexibility index (Phi) is 3.87. The van der Waals surface area contributed by atoms with Crippen molar-refractivity contribution in [2.24, 2.45) is 0 Å². The Bertz CT molecular complexity index is 485. The average Bonchev–Trinajstić information content (AvgIpc) is 2.65. The van der Waals surface area contributed by atoms with Crippen LogP contribution in [0.1, 0.15) is 16.8 Å². The fraction of sp³-hybridized carbons (Fsp3) is 0.286. The number of nitrogens with zero attached hydrogens (tertiary/aromatic N) is 1. The number of aromatic nitrogens is 1. The maximum Gasteiger partial charge on any atom is 0.0472 e. The number of rotatable bonds is 4. The van der Waals surface area contributed by atoms with Crippen molar-refractivity contribution < 1.29 is 0 Å². The van der Waals surface area contributed by atoms with Gasteiger partial charge in [0.2, 0.25) is 0 Å². The quantitative estimate of drug-likeness (QED) is 0.879. The Labute approximate surface area is 107 Å². The number of hydrogen-bond acceptors (Lipinski definition) is 1. The standard InChI is InChI=1S/C14H17ClN2/c1-11-13(9-16-2)7-8-17(11)10-12-3-5-14(15)6-4-12/h3-8,16H,9-10H2,1-2H3. The maximum absolute atomic E-state index is 5.88. The summed E-state index contributed by atoms with van der Waals surface area (Å²) in [6, 6.07) is 10.2. The van der Waals surface area contributed by atoms with E-state index in [0.29, 0.717) is 0 Å².